The highest BCUT2D eigenvalue weighted by Gasteiger charge is 2.49. The smallest absolute Gasteiger partial charge is 0.240 e. The summed E-state index contributed by atoms with van der Waals surface area (Å²) in [6.45, 7) is 3.23. The quantitative estimate of drug-likeness (QED) is 0.583. The molecule has 4 heteroatoms. The second kappa shape index (κ2) is 5.47. The van der Waals surface area contributed by atoms with E-state index in [1.54, 1.807) is 7.05 Å². The van der Waals surface area contributed by atoms with Crippen molar-refractivity contribution in [3.63, 3.8) is 0 Å². The number of carbonyl (C=O) groups is 1. The Morgan fingerprint density at radius 2 is 2.27 bits per heavy atom. The lowest BCUT2D eigenvalue weighted by atomic mass is 9.93. The maximum absolute atomic E-state index is 11.5. The van der Waals surface area contributed by atoms with E-state index >= 15 is 0 Å². The Hall–Kier alpha value is -0.610. The van der Waals surface area contributed by atoms with E-state index in [2.05, 4.69) is 12.2 Å². The molecule has 3 N–H and O–H groups in total. The highest BCUT2D eigenvalue weighted by molar-refractivity contribution is 5.85. The Morgan fingerprint density at radius 1 is 1.60 bits per heavy atom. The molecule has 1 saturated carbocycles. The first-order valence-electron chi connectivity index (χ1n) is 5.74. The number of primary amides is 1. The number of likely N-dealkylation sites (N-methyl/N-ethyl adjacent to an activating group) is 1. The maximum atomic E-state index is 11.5. The highest BCUT2D eigenvalue weighted by Crippen LogP contribution is 2.39. The molecule has 1 aliphatic carbocycles. The number of ether oxygens (including phenoxy) is 1. The van der Waals surface area contributed by atoms with Crippen molar-refractivity contribution in [3.8, 4) is 0 Å². The van der Waals surface area contributed by atoms with Gasteiger partial charge in [-0.15, -0.1) is 0 Å². The van der Waals surface area contributed by atoms with Gasteiger partial charge in [0.15, 0.2) is 0 Å². The van der Waals surface area contributed by atoms with Gasteiger partial charge in [-0.05, 0) is 32.2 Å². The van der Waals surface area contributed by atoms with Crippen LogP contribution in [-0.2, 0) is 9.53 Å². The largest absolute Gasteiger partial charge is 0.379 e. The molecule has 1 unspecified atom stereocenters. The molecule has 88 valence electrons. The van der Waals surface area contributed by atoms with Crippen LogP contribution in [0, 0.1) is 5.92 Å². The van der Waals surface area contributed by atoms with Gasteiger partial charge in [0.25, 0.3) is 0 Å². The van der Waals surface area contributed by atoms with Crippen LogP contribution in [0.5, 0.6) is 0 Å². The molecule has 1 rings (SSSR count). The molecule has 1 amide bonds. The molecule has 0 heterocycles. The first-order chi connectivity index (χ1) is 7.17. The van der Waals surface area contributed by atoms with Gasteiger partial charge in [0.1, 0.15) is 5.54 Å². The van der Waals surface area contributed by atoms with Crippen molar-refractivity contribution >= 4 is 5.91 Å². The van der Waals surface area contributed by atoms with Gasteiger partial charge < -0.3 is 15.8 Å². The summed E-state index contributed by atoms with van der Waals surface area (Å²) in [6.07, 6.45) is 4.28. The lowest BCUT2D eigenvalue weighted by molar-refractivity contribution is -0.128. The van der Waals surface area contributed by atoms with Crippen molar-refractivity contribution in [2.75, 3.05) is 20.3 Å². The minimum atomic E-state index is -0.631. The van der Waals surface area contributed by atoms with Crippen LogP contribution in [0.1, 0.15) is 32.6 Å². The number of amides is 1. The van der Waals surface area contributed by atoms with Gasteiger partial charge >= 0.3 is 0 Å². The molecule has 0 aromatic carbocycles. The van der Waals surface area contributed by atoms with E-state index in [1.807, 2.05) is 0 Å². The Morgan fingerprint density at radius 3 is 2.67 bits per heavy atom. The zero-order valence-corrected chi connectivity index (χ0v) is 9.71. The molecule has 0 spiro atoms. The van der Waals surface area contributed by atoms with Crippen LogP contribution in [-0.4, -0.2) is 31.7 Å². The summed E-state index contributed by atoms with van der Waals surface area (Å²) < 4.78 is 5.53. The first kappa shape index (κ1) is 12.5. The average molecular weight is 214 g/mol. The number of rotatable bonds is 8. The van der Waals surface area contributed by atoms with Gasteiger partial charge in [0.05, 0.1) is 6.61 Å². The van der Waals surface area contributed by atoms with E-state index in [1.165, 1.54) is 0 Å². The van der Waals surface area contributed by atoms with Crippen molar-refractivity contribution < 1.29 is 9.53 Å². The van der Waals surface area contributed by atoms with E-state index in [4.69, 9.17) is 10.5 Å². The van der Waals surface area contributed by atoms with E-state index in [0.29, 0.717) is 19.1 Å². The molecule has 1 fully saturated rings. The fourth-order valence-corrected chi connectivity index (χ4v) is 1.85. The summed E-state index contributed by atoms with van der Waals surface area (Å²) in [5.41, 5.74) is 4.83. The molecule has 1 atom stereocenters. The topological polar surface area (TPSA) is 64.3 Å². The highest BCUT2D eigenvalue weighted by atomic mass is 16.5. The predicted molar refractivity (Wildman–Crippen MR) is 59.4 cm³/mol. The molecule has 0 saturated heterocycles. The molecule has 0 bridgehead atoms. The van der Waals surface area contributed by atoms with E-state index in [9.17, 15) is 4.79 Å². The molecule has 0 aromatic rings. The van der Waals surface area contributed by atoms with Crippen LogP contribution in [0.25, 0.3) is 0 Å². The third-order valence-corrected chi connectivity index (χ3v) is 3.13. The minimum Gasteiger partial charge on any atom is -0.379 e. The molecule has 4 nitrogen and oxygen atoms in total. The Kier molecular flexibility index (Phi) is 4.54. The van der Waals surface area contributed by atoms with E-state index in [-0.39, 0.29) is 5.91 Å². The van der Waals surface area contributed by atoms with Crippen molar-refractivity contribution in [3.05, 3.63) is 0 Å². The Balaban J connectivity index is 2.44. The molecule has 0 aromatic heterocycles. The van der Waals surface area contributed by atoms with Crippen LogP contribution in [0.4, 0.5) is 0 Å². The number of nitrogens with two attached hydrogens (primary N) is 1. The lowest BCUT2D eigenvalue weighted by Gasteiger charge is -2.30. The summed E-state index contributed by atoms with van der Waals surface area (Å²) >= 11 is 0. The van der Waals surface area contributed by atoms with Crippen molar-refractivity contribution in [1.82, 2.24) is 5.32 Å². The maximum Gasteiger partial charge on any atom is 0.240 e. The molecule has 1 aliphatic rings. The third kappa shape index (κ3) is 2.92. The molecule has 0 radical (unpaired) electrons. The third-order valence-electron chi connectivity index (χ3n) is 3.13. The number of hydrogen-bond donors (Lipinski definition) is 2. The molecular formula is C11H22N2O2. The minimum absolute atomic E-state index is 0.288. The van der Waals surface area contributed by atoms with Gasteiger partial charge in [-0.3, -0.25) is 4.79 Å². The monoisotopic (exact) mass is 214 g/mol. The average Bonchev–Trinajstić information content (AvgIpc) is 3.02. The summed E-state index contributed by atoms with van der Waals surface area (Å²) in [4.78, 5) is 11.5. The Labute approximate surface area is 91.5 Å². The lowest BCUT2D eigenvalue weighted by Crippen LogP contribution is -2.59. The van der Waals surface area contributed by atoms with Gasteiger partial charge in [0, 0.05) is 6.61 Å². The van der Waals surface area contributed by atoms with Crippen LogP contribution < -0.4 is 11.1 Å². The number of hydrogen-bond acceptors (Lipinski definition) is 3. The van der Waals surface area contributed by atoms with Crippen LogP contribution in [0.15, 0.2) is 0 Å². The number of carbonyl (C=O) groups excluding carboxylic acids is 1. The predicted octanol–water partition coefficient (Wildman–Crippen LogP) is 0.657. The fourth-order valence-electron chi connectivity index (χ4n) is 1.85. The second-order valence-corrected chi connectivity index (χ2v) is 4.27. The fraction of sp³-hybridized carbons (Fsp3) is 0.909. The van der Waals surface area contributed by atoms with Crippen molar-refractivity contribution in [2.24, 2.45) is 11.7 Å². The number of nitrogens with one attached hydrogen (secondary N) is 1. The van der Waals surface area contributed by atoms with Crippen LogP contribution in [0.3, 0.4) is 0 Å². The van der Waals surface area contributed by atoms with Gasteiger partial charge in [-0.2, -0.15) is 0 Å². The summed E-state index contributed by atoms with van der Waals surface area (Å²) in [7, 11) is 1.78. The van der Waals surface area contributed by atoms with Crippen LogP contribution >= 0.6 is 0 Å². The Bertz CT molecular complexity index is 217. The first-order valence-corrected chi connectivity index (χ1v) is 5.74. The second-order valence-electron chi connectivity index (χ2n) is 4.27. The zero-order chi connectivity index (χ0) is 11.3. The van der Waals surface area contributed by atoms with Crippen molar-refractivity contribution in [1.29, 1.82) is 0 Å². The zero-order valence-electron chi connectivity index (χ0n) is 9.71. The summed E-state index contributed by atoms with van der Waals surface area (Å²) in [5, 5.41) is 3.05. The number of unbranched alkanes of at least 4 members (excludes halogenated alkanes) is 1. The molecule has 0 aliphatic heterocycles. The van der Waals surface area contributed by atoms with Crippen LogP contribution in [0.2, 0.25) is 0 Å². The SMILES string of the molecule is CCCCOCC(NC)(C(N)=O)C1CC1. The summed E-state index contributed by atoms with van der Waals surface area (Å²) in [6, 6.07) is 0. The normalized spacial score (nSPS) is 19.9. The summed E-state index contributed by atoms with van der Waals surface area (Å²) in [5.74, 6) is 0.0747. The van der Waals surface area contributed by atoms with Gasteiger partial charge in [-0.1, -0.05) is 13.3 Å². The van der Waals surface area contributed by atoms with Gasteiger partial charge in [-0.25, -0.2) is 0 Å². The molecular weight excluding hydrogens is 192 g/mol. The van der Waals surface area contributed by atoms with E-state index < -0.39 is 5.54 Å². The van der Waals surface area contributed by atoms with Gasteiger partial charge in [0.2, 0.25) is 5.91 Å². The molecule has 15 heavy (non-hydrogen) atoms. The standard InChI is InChI=1S/C11H22N2O2/c1-3-4-7-15-8-11(13-2,10(12)14)9-5-6-9/h9,13H,3-8H2,1-2H3,(H2,12,14). The van der Waals surface area contributed by atoms with Crippen molar-refractivity contribution in [2.45, 2.75) is 38.1 Å². The van der Waals surface area contributed by atoms with E-state index in [0.717, 1.165) is 25.7 Å².